The number of anilines is 1. The number of hydrogen-bond acceptors (Lipinski definition) is 3. The van der Waals surface area contributed by atoms with E-state index in [9.17, 15) is 9.59 Å². The number of carboxylic acids is 1. The molecule has 0 aliphatic carbocycles. The molecule has 0 saturated heterocycles. The predicted octanol–water partition coefficient (Wildman–Crippen LogP) is 3.69. The third kappa shape index (κ3) is 3.77. The van der Waals surface area contributed by atoms with Gasteiger partial charge in [0.1, 0.15) is 5.75 Å². The summed E-state index contributed by atoms with van der Waals surface area (Å²) >= 11 is 5.87. The fourth-order valence-corrected chi connectivity index (χ4v) is 2.12. The lowest BCUT2D eigenvalue weighted by Gasteiger charge is -2.08. The molecule has 0 radical (unpaired) electrons. The monoisotopic (exact) mass is 319 g/mol. The zero-order chi connectivity index (χ0) is 16.1. The summed E-state index contributed by atoms with van der Waals surface area (Å²) in [5.41, 5.74) is 0.837. The van der Waals surface area contributed by atoms with Crippen molar-refractivity contribution in [2.24, 2.45) is 0 Å². The molecule has 0 fully saturated rings. The lowest BCUT2D eigenvalue weighted by Crippen LogP contribution is -2.12. The first-order valence-electron chi connectivity index (χ1n) is 6.58. The summed E-state index contributed by atoms with van der Waals surface area (Å²) in [5, 5.41) is 11.6. The second kappa shape index (κ2) is 6.95. The molecule has 2 rings (SSSR count). The third-order valence-electron chi connectivity index (χ3n) is 2.86. The van der Waals surface area contributed by atoms with Crippen molar-refractivity contribution in [3.8, 4) is 5.75 Å². The highest BCUT2D eigenvalue weighted by Gasteiger charge is 2.11. The number of hydrogen-bond donors (Lipinski definition) is 2. The maximum absolute atomic E-state index is 12.2. The van der Waals surface area contributed by atoms with Crippen LogP contribution in [0.5, 0.6) is 5.75 Å². The van der Waals surface area contributed by atoms with E-state index in [1.165, 1.54) is 18.2 Å². The van der Waals surface area contributed by atoms with Crippen LogP contribution in [0, 0.1) is 0 Å². The van der Waals surface area contributed by atoms with Gasteiger partial charge in [-0.1, -0.05) is 17.7 Å². The zero-order valence-electron chi connectivity index (χ0n) is 11.8. The average molecular weight is 320 g/mol. The SMILES string of the molecule is CCOc1cccc(C(=O)Nc2ccc(C(=O)O)c(Cl)c2)c1. The van der Waals surface area contributed by atoms with Crippen molar-refractivity contribution in [1.29, 1.82) is 0 Å². The van der Waals surface area contributed by atoms with Gasteiger partial charge in [-0.3, -0.25) is 4.79 Å². The Morgan fingerprint density at radius 3 is 2.64 bits per heavy atom. The van der Waals surface area contributed by atoms with Gasteiger partial charge in [0.15, 0.2) is 0 Å². The molecular formula is C16H14ClNO4. The summed E-state index contributed by atoms with van der Waals surface area (Å²) in [4.78, 5) is 23.1. The molecule has 2 N–H and O–H groups in total. The molecule has 0 spiro atoms. The van der Waals surface area contributed by atoms with Crippen molar-refractivity contribution in [2.45, 2.75) is 6.92 Å². The number of ether oxygens (including phenoxy) is 1. The number of nitrogens with one attached hydrogen (secondary N) is 1. The number of aromatic carboxylic acids is 1. The van der Waals surface area contributed by atoms with E-state index in [-0.39, 0.29) is 16.5 Å². The Morgan fingerprint density at radius 2 is 2.00 bits per heavy atom. The topological polar surface area (TPSA) is 75.6 Å². The second-order valence-corrected chi connectivity index (χ2v) is 4.82. The molecule has 0 heterocycles. The fraction of sp³-hybridized carbons (Fsp3) is 0.125. The summed E-state index contributed by atoms with van der Waals surface area (Å²) in [5.74, 6) is -0.845. The van der Waals surface area contributed by atoms with E-state index < -0.39 is 5.97 Å². The highest BCUT2D eigenvalue weighted by atomic mass is 35.5. The number of carbonyl (C=O) groups is 2. The molecule has 2 aromatic carbocycles. The van der Waals surface area contributed by atoms with Crippen LogP contribution in [-0.2, 0) is 0 Å². The summed E-state index contributed by atoms with van der Waals surface area (Å²) in [6.07, 6.45) is 0. The van der Waals surface area contributed by atoms with Gasteiger partial charge < -0.3 is 15.2 Å². The van der Waals surface area contributed by atoms with Crippen LogP contribution >= 0.6 is 11.6 Å². The largest absolute Gasteiger partial charge is 0.494 e. The Kier molecular flexibility index (Phi) is 5.01. The number of rotatable bonds is 5. The van der Waals surface area contributed by atoms with E-state index in [0.717, 1.165) is 0 Å². The van der Waals surface area contributed by atoms with Gasteiger partial charge in [0.2, 0.25) is 0 Å². The highest BCUT2D eigenvalue weighted by molar-refractivity contribution is 6.33. The van der Waals surface area contributed by atoms with Crippen LogP contribution in [0.1, 0.15) is 27.6 Å². The van der Waals surface area contributed by atoms with Gasteiger partial charge in [0.25, 0.3) is 5.91 Å². The van der Waals surface area contributed by atoms with Gasteiger partial charge >= 0.3 is 5.97 Å². The van der Waals surface area contributed by atoms with Crippen LogP contribution < -0.4 is 10.1 Å². The normalized spacial score (nSPS) is 10.1. The molecule has 6 heteroatoms. The van der Waals surface area contributed by atoms with Gasteiger partial charge in [-0.05, 0) is 43.3 Å². The average Bonchev–Trinajstić information content (AvgIpc) is 2.47. The van der Waals surface area contributed by atoms with E-state index in [4.69, 9.17) is 21.4 Å². The van der Waals surface area contributed by atoms with Crippen molar-refractivity contribution in [2.75, 3.05) is 11.9 Å². The smallest absolute Gasteiger partial charge is 0.337 e. The van der Waals surface area contributed by atoms with Crippen LogP contribution in [0.4, 0.5) is 5.69 Å². The van der Waals surface area contributed by atoms with Crippen LogP contribution in [0.25, 0.3) is 0 Å². The van der Waals surface area contributed by atoms with Crippen molar-refractivity contribution in [3.63, 3.8) is 0 Å². The lowest BCUT2D eigenvalue weighted by atomic mass is 10.1. The summed E-state index contributed by atoms with van der Waals surface area (Å²) < 4.78 is 5.34. The van der Waals surface area contributed by atoms with Crippen LogP contribution in [0.2, 0.25) is 5.02 Å². The number of halogens is 1. The maximum Gasteiger partial charge on any atom is 0.337 e. The molecule has 0 unspecified atom stereocenters. The van der Waals surface area contributed by atoms with Crippen molar-refractivity contribution in [1.82, 2.24) is 0 Å². The van der Waals surface area contributed by atoms with Crippen LogP contribution in [0.3, 0.4) is 0 Å². The quantitative estimate of drug-likeness (QED) is 0.881. The molecule has 2 aromatic rings. The highest BCUT2D eigenvalue weighted by Crippen LogP contribution is 2.22. The molecule has 0 saturated carbocycles. The molecule has 0 aromatic heterocycles. The van der Waals surface area contributed by atoms with Gasteiger partial charge in [0.05, 0.1) is 17.2 Å². The van der Waals surface area contributed by atoms with Crippen molar-refractivity contribution >= 4 is 29.2 Å². The Bertz CT molecular complexity index is 715. The summed E-state index contributed by atoms with van der Waals surface area (Å²) in [7, 11) is 0. The summed E-state index contributed by atoms with van der Waals surface area (Å²) in [6, 6.07) is 11.0. The van der Waals surface area contributed by atoms with E-state index in [1.807, 2.05) is 6.92 Å². The molecule has 0 aliphatic rings. The second-order valence-electron chi connectivity index (χ2n) is 4.41. The van der Waals surface area contributed by atoms with Crippen molar-refractivity contribution in [3.05, 3.63) is 58.6 Å². The molecule has 114 valence electrons. The van der Waals surface area contributed by atoms with E-state index >= 15 is 0 Å². The minimum absolute atomic E-state index is 0.0157. The Labute approximate surface area is 132 Å². The van der Waals surface area contributed by atoms with E-state index in [2.05, 4.69) is 5.32 Å². The Hall–Kier alpha value is -2.53. The van der Waals surface area contributed by atoms with E-state index in [1.54, 1.807) is 24.3 Å². The predicted molar refractivity (Wildman–Crippen MR) is 84.0 cm³/mol. The van der Waals surface area contributed by atoms with Gasteiger partial charge in [-0.15, -0.1) is 0 Å². The standard InChI is InChI=1S/C16H14ClNO4/c1-2-22-12-5-3-4-10(8-12)15(19)18-11-6-7-13(16(20)21)14(17)9-11/h3-9H,2H2,1H3,(H,18,19)(H,20,21). The number of carbonyl (C=O) groups excluding carboxylic acids is 1. The first-order valence-corrected chi connectivity index (χ1v) is 6.96. The summed E-state index contributed by atoms with van der Waals surface area (Å²) in [6.45, 7) is 2.37. The van der Waals surface area contributed by atoms with Gasteiger partial charge in [0, 0.05) is 11.3 Å². The molecular weight excluding hydrogens is 306 g/mol. The number of benzene rings is 2. The van der Waals surface area contributed by atoms with E-state index in [0.29, 0.717) is 23.6 Å². The Morgan fingerprint density at radius 1 is 1.23 bits per heavy atom. The first-order chi connectivity index (χ1) is 10.5. The molecule has 0 bridgehead atoms. The minimum Gasteiger partial charge on any atom is -0.494 e. The molecule has 22 heavy (non-hydrogen) atoms. The maximum atomic E-state index is 12.2. The first kappa shape index (κ1) is 15.9. The zero-order valence-corrected chi connectivity index (χ0v) is 12.6. The lowest BCUT2D eigenvalue weighted by molar-refractivity contribution is 0.0697. The van der Waals surface area contributed by atoms with Crippen molar-refractivity contribution < 1.29 is 19.4 Å². The number of carboxylic acid groups (broad SMARTS) is 1. The number of amides is 1. The molecule has 1 amide bonds. The van der Waals surface area contributed by atoms with Crippen LogP contribution in [-0.4, -0.2) is 23.6 Å². The fourth-order valence-electron chi connectivity index (χ4n) is 1.86. The third-order valence-corrected chi connectivity index (χ3v) is 3.18. The minimum atomic E-state index is -1.12. The molecule has 5 nitrogen and oxygen atoms in total. The van der Waals surface area contributed by atoms with Gasteiger partial charge in [-0.2, -0.15) is 0 Å². The molecule has 0 aliphatic heterocycles. The van der Waals surface area contributed by atoms with Crippen LogP contribution in [0.15, 0.2) is 42.5 Å². The molecule has 0 atom stereocenters. The van der Waals surface area contributed by atoms with Gasteiger partial charge in [-0.25, -0.2) is 4.79 Å². The Balaban J connectivity index is 2.16.